The van der Waals surface area contributed by atoms with Crippen LogP contribution in [0, 0.1) is 24.0 Å². The number of sulfone groups is 1. The Bertz CT molecular complexity index is 1110. The van der Waals surface area contributed by atoms with E-state index in [9.17, 15) is 23.3 Å². The van der Waals surface area contributed by atoms with Gasteiger partial charge >= 0.3 is 0 Å². The highest BCUT2D eigenvalue weighted by Crippen LogP contribution is 2.30. The number of aromatic nitrogens is 2. The van der Waals surface area contributed by atoms with Gasteiger partial charge in [0.15, 0.2) is 9.84 Å². The van der Waals surface area contributed by atoms with Gasteiger partial charge < -0.3 is 4.90 Å². The van der Waals surface area contributed by atoms with Crippen molar-refractivity contribution in [2.24, 2.45) is 0 Å². The third kappa shape index (κ3) is 4.36. The third-order valence-corrected chi connectivity index (χ3v) is 7.93. The summed E-state index contributed by atoms with van der Waals surface area (Å²) in [5.41, 5.74) is 2.57. The van der Waals surface area contributed by atoms with Crippen molar-refractivity contribution < 1.29 is 18.1 Å². The largest absolute Gasteiger partial charge is 0.337 e. The summed E-state index contributed by atoms with van der Waals surface area (Å²) in [4.78, 5) is 25.7. The number of aryl methyl sites for hydroxylation is 1. The second-order valence-corrected chi connectivity index (χ2v) is 10.5. The zero-order valence-corrected chi connectivity index (χ0v) is 18.9. The van der Waals surface area contributed by atoms with Crippen LogP contribution in [-0.4, -0.2) is 58.7 Å². The maximum Gasteiger partial charge on any atom is 0.283 e. The van der Waals surface area contributed by atoms with Crippen molar-refractivity contribution in [2.75, 3.05) is 24.8 Å². The fraction of sp³-hybridized carbons (Fsp3) is 0.474. The molecular formula is C19H24N4O5S2. The van der Waals surface area contributed by atoms with Crippen molar-refractivity contribution in [3.05, 3.63) is 50.8 Å². The van der Waals surface area contributed by atoms with Crippen LogP contribution in [0.15, 0.2) is 23.1 Å². The molecule has 30 heavy (non-hydrogen) atoms. The van der Waals surface area contributed by atoms with E-state index < -0.39 is 14.8 Å². The Kier molecular flexibility index (Phi) is 6.23. The van der Waals surface area contributed by atoms with Crippen LogP contribution in [0.25, 0.3) is 0 Å². The van der Waals surface area contributed by atoms with Crippen LogP contribution in [0.3, 0.4) is 0 Å². The molecule has 0 unspecified atom stereocenters. The minimum absolute atomic E-state index is 0.0780. The number of benzene rings is 1. The number of rotatable bonds is 6. The molecule has 1 aromatic heterocycles. The SMILES string of the molecule is CSc1ccc(C(=O)N(C)Cc2c(C)nn([C@H]3CCS(=O)(=O)C3)c2C)cc1[N+](=O)[O-]. The summed E-state index contributed by atoms with van der Waals surface area (Å²) in [6.45, 7) is 3.98. The van der Waals surface area contributed by atoms with Crippen molar-refractivity contribution in [3.8, 4) is 0 Å². The molecule has 0 bridgehead atoms. The normalized spacial score (nSPS) is 17.8. The molecule has 3 rings (SSSR count). The summed E-state index contributed by atoms with van der Waals surface area (Å²) in [5, 5.41) is 15.8. The lowest BCUT2D eigenvalue weighted by Crippen LogP contribution is -2.27. The quantitative estimate of drug-likeness (QED) is 0.376. The number of nitrogens with zero attached hydrogens (tertiary/aromatic N) is 4. The first-order valence-corrected chi connectivity index (χ1v) is 12.4. The van der Waals surface area contributed by atoms with Crippen molar-refractivity contribution in [1.29, 1.82) is 0 Å². The van der Waals surface area contributed by atoms with Crippen LogP contribution in [0.1, 0.15) is 39.8 Å². The Morgan fingerprint density at radius 3 is 2.67 bits per heavy atom. The molecule has 1 aliphatic heterocycles. The average molecular weight is 453 g/mol. The molecule has 2 aromatic rings. The predicted octanol–water partition coefficient (Wildman–Crippen LogP) is 2.76. The van der Waals surface area contributed by atoms with Crippen molar-refractivity contribution in [3.63, 3.8) is 0 Å². The van der Waals surface area contributed by atoms with Crippen molar-refractivity contribution in [2.45, 2.75) is 37.8 Å². The first-order chi connectivity index (χ1) is 14.0. The van der Waals surface area contributed by atoms with E-state index in [0.29, 0.717) is 11.3 Å². The number of thioether (sulfide) groups is 1. The topological polar surface area (TPSA) is 115 Å². The minimum atomic E-state index is -3.04. The summed E-state index contributed by atoms with van der Waals surface area (Å²) < 4.78 is 25.4. The summed E-state index contributed by atoms with van der Waals surface area (Å²) in [6, 6.07) is 4.28. The van der Waals surface area contributed by atoms with E-state index in [1.165, 1.54) is 22.7 Å². The second kappa shape index (κ2) is 8.38. The maximum absolute atomic E-state index is 12.9. The summed E-state index contributed by atoms with van der Waals surface area (Å²) in [7, 11) is -1.40. The highest BCUT2D eigenvalue weighted by atomic mass is 32.2. The molecular weight excluding hydrogens is 428 g/mol. The third-order valence-electron chi connectivity index (χ3n) is 5.39. The zero-order valence-electron chi connectivity index (χ0n) is 17.3. The average Bonchev–Trinajstić information content (AvgIpc) is 3.19. The number of carbonyl (C=O) groups is 1. The molecule has 0 spiro atoms. The molecule has 1 atom stereocenters. The number of hydrogen-bond donors (Lipinski definition) is 0. The lowest BCUT2D eigenvalue weighted by atomic mass is 10.1. The number of nitro benzene ring substituents is 1. The Labute approximate surface area is 179 Å². The summed E-state index contributed by atoms with van der Waals surface area (Å²) in [5.74, 6) is -0.0934. The van der Waals surface area contributed by atoms with Gasteiger partial charge in [-0.05, 0) is 38.7 Å². The van der Waals surface area contributed by atoms with Crippen LogP contribution in [0.2, 0.25) is 0 Å². The van der Waals surface area contributed by atoms with Gasteiger partial charge in [0.1, 0.15) is 0 Å². The van der Waals surface area contributed by atoms with E-state index >= 15 is 0 Å². The summed E-state index contributed by atoms with van der Waals surface area (Å²) in [6.07, 6.45) is 2.28. The molecule has 0 aliphatic carbocycles. The van der Waals surface area contributed by atoms with Crippen LogP contribution in [0.5, 0.6) is 0 Å². The Balaban J connectivity index is 1.83. The van der Waals surface area contributed by atoms with Gasteiger partial charge in [-0.25, -0.2) is 8.42 Å². The molecule has 1 aromatic carbocycles. The van der Waals surface area contributed by atoms with E-state index in [4.69, 9.17) is 0 Å². The highest BCUT2D eigenvalue weighted by Gasteiger charge is 2.31. The number of nitro groups is 1. The van der Waals surface area contributed by atoms with E-state index in [-0.39, 0.29) is 41.3 Å². The van der Waals surface area contributed by atoms with Crippen LogP contribution < -0.4 is 0 Å². The van der Waals surface area contributed by atoms with E-state index in [0.717, 1.165) is 17.0 Å². The van der Waals surface area contributed by atoms with Crippen molar-refractivity contribution in [1.82, 2.24) is 14.7 Å². The van der Waals surface area contributed by atoms with Crippen LogP contribution in [-0.2, 0) is 16.4 Å². The molecule has 162 valence electrons. The molecule has 9 nitrogen and oxygen atoms in total. The number of hydrogen-bond acceptors (Lipinski definition) is 7. The standard InChI is InChI=1S/C19H24N4O5S2/c1-12-16(13(2)22(20-12)15-7-8-30(27,28)11-15)10-21(3)19(24)14-5-6-18(29-4)17(9-14)23(25)26/h5-6,9,15H,7-8,10-11H2,1-4H3/t15-/m0/s1. The van der Waals surface area contributed by atoms with Gasteiger partial charge in [-0.2, -0.15) is 5.10 Å². The zero-order chi connectivity index (χ0) is 22.2. The number of amides is 1. The molecule has 0 N–H and O–H groups in total. The van der Waals surface area contributed by atoms with Gasteiger partial charge in [-0.15, -0.1) is 11.8 Å². The molecule has 1 fully saturated rings. The van der Waals surface area contributed by atoms with Gasteiger partial charge in [-0.3, -0.25) is 19.6 Å². The summed E-state index contributed by atoms with van der Waals surface area (Å²) >= 11 is 1.25. The maximum atomic E-state index is 12.9. The molecule has 1 aliphatic rings. The molecule has 0 saturated carbocycles. The molecule has 11 heteroatoms. The van der Waals surface area contributed by atoms with E-state index in [2.05, 4.69) is 5.10 Å². The lowest BCUT2D eigenvalue weighted by Gasteiger charge is -2.18. The highest BCUT2D eigenvalue weighted by molar-refractivity contribution is 7.98. The van der Waals surface area contributed by atoms with Crippen LogP contribution in [0.4, 0.5) is 5.69 Å². The van der Waals surface area contributed by atoms with Gasteiger partial charge in [0.25, 0.3) is 11.6 Å². The number of carbonyl (C=O) groups excluding carboxylic acids is 1. The molecule has 2 heterocycles. The fourth-order valence-corrected chi connectivity index (χ4v) is 5.98. The predicted molar refractivity (Wildman–Crippen MR) is 115 cm³/mol. The first-order valence-electron chi connectivity index (χ1n) is 9.37. The van der Waals surface area contributed by atoms with Gasteiger partial charge in [0.05, 0.1) is 33.1 Å². The van der Waals surface area contributed by atoms with Gasteiger partial charge in [0.2, 0.25) is 0 Å². The van der Waals surface area contributed by atoms with E-state index in [1.54, 1.807) is 30.1 Å². The van der Waals surface area contributed by atoms with Crippen molar-refractivity contribution >= 4 is 33.2 Å². The Morgan fingerprint density at radius 2 is 2.10 bits per heavy atom. The minimum Gasteiger partial charge on any atom is -0.337 e. The van der Waals surface area contributed by atoms with Crippen LogP contribution >= 0.6 is 11.8 Å². The Morgan fingerprint density at radius 1 is 1.40 bits per heavy atom. The second-order valence-electron chi connectivity index (χ2n) is 7.46. The van der Waals surface area contributed by atoms with E-state index in [1.807, 2.05) is 13.8 Å². The molecule has 0 radical (unpaired) electrons. The molecule has 1 saturated heterocycles. The Hall–Kier alpha value is -2.40. The van der Waals surface area contributed by atoms with Gasteiger partial charge in [0, 0.05) is 36.5 Å². The van der Waals surface area contributed by atoms with Gasteiger partial charge in [-0.1, -0.05) is 0 Å². The fourth-order valence-electron chi connectivity index (χ4n) is 3.74. The monoisotopic (exact) mass is 452 g/mol. The molecule has 1 amide bonds. The lowest BCUT2D eigenvalue weighted by molar-refractivity contribution is -0.387. The first kappa shape index (κ1) is 22.3. The smallest absolute Gasteiger partial charge is 0.283 e.